The molecule has 1 aromatic carbocycles. The number of aromatic nitrogens is 2. The van der Waals surface area contributed by atoms with Crippen molar-refractivity contribution in [3.8, 4) is 11.3 Å². The molecule has 1 aliphatic heterocycles. The number of hydrogen-bond acceptors (Lipinski definition) is 1. The van der Waals surface area contributed by atoms with Crippen molar-refractivity contribution in [2.45, 2.75) is 43.6 Å². The lowest BCUT2D eigenvalue weighted by Gasteiger charge is -2.50. The summed E-state index contributed by atoms with van der Waals surface area (Å²) in [5.41, 5.74) is 1.79. The molecule has 1 aliphatic carbocycles. The molecule has 0 N–H and O–H groups in total. The molecule has 116 valence electrons. The van der Waals surface area contributed by atoms with Crippen molar-refractivity contribution in [3.63, 3.8) is 0 Å². The van der Waals surface area contributed by atoms with Crippen LogP contribution in [-0.4, -0.2) is 15.7 Å². The van der Waals surface area contributed by atoms with Gasteiger partial charge in [0.25, 0.3) is 5.92 Å². The van der Waals surface area contributed by atoms with Gasteiger partial charge in [-0.25, -0.2) is 13.2 Å². The summed E-state index contributed by atoms with van der Waals surface area (Å²) in [5.74, 6) is -3.07. The molecule has 0 amide bonds. The second-order valence-corrected chi connectivity index (χ2v) is 6.76. The van der Waals surface area contributed by atoms with Crippen molar-refractivity contribution in [3.05, 3.63) is 40.8 Å². The highest BCUT2D eigenvalue weighted by atomic mass is 35.5. The van der Waals surface area contributed by atoms with E-state index in [1.54, 1.807) is 10.7 Å². The molecule has 1 saturated carbocycles. The Bertz CT molecular complexity index is 746. The lowest BCUT2D eigenvalue weighted by molar-refractivity contribution is -0.163. The molecule has 0 radical (unpaired) electrons. The molecule has 2 nitrogen and oxygen atoms in total. The van der Waals surface area contributed by atoms with Gasteiger partial charge in [-0.3, -0.25) is 4.68 Å². The first-order valence-electron chi connectivity index (χ1n) is 7.31. The maximum atomic E-state index is 13.4. The molecule has 0 unspecified atom stereocenters. The first-order valence-corrected chi connectivity index (χ1v) is 7.69. The third kappa shape index (κ3) is 2.06. The highest BCUT2D eigenvalue weighted by Gasteiger charge is 2.59. The quantitative estimate of drug-likeness (QED) is 0.736. The van der Waals surface area contributed by atoms with Gasteiger partial charge in [0.1, 0.15) is 5.82 Å². The van der Waals surface area contributed by atoms with E-state index in [1.807, 2.05) is 6.07 Å². The number of halogens is 4. The second-order valence-electron chi connectivity index (χ2n) is 6.35. The number of benzene rings is 1. The summed E-state index contributed by atoms with van der Waals surface area (Å²) in [4.78, 5) is 0. The molecule has 2 aromatic rings. The minimum Gasteiger partial charge on any atom is -0.262 e. The third-order valence-corrected chi connectivity index (χ3v) is 4.99. The summed E-state index contributed by atoms with van der Waals surface area (Å²) < 4.78 is 41.8. The molecule has 4 rings (SSSR count). The van der Waals surface area contributed by atoms with Crippen LogP contribution in [0.4, 0.5) is 13.2 Å². The molecule has 1 aromatic heterocycles. The van der Waals surface area contributed by atoms with E-state index in [2.05, 4.69) is 5.10 Å². The van der Waals surface area contributed by atoms with Gasteiger partial charge in [0.2, 0.25) is 0 Å². The number of rotatable bonds is 1. The van der Waals surface area contributed by atoms with Crippen LogP contribution in [0.2, 0.25) is 5.02 Å². The van der Waals surface area contributed by atoms with E-state index < -0.39 is 17.3 Å². The summed E-state index contributed by atoms with van der Waals surface area (Å²) in [6, 6.07) is 6.33. The van der Waals surface area contributed by atoms with Crippen LogP contribution in [0, 0.1) is 5.82 Å². The molecule has 0 saturated heterocycles. The fourth-order valence-corrected chi connectivity index (χ4v) is 3.93. The molecule has 0 bridgehead atoms. The van der Waals surface area contributed by atoms with Crippen LogP contribution >= 0.6 is 11.6 Å². The molecule has 0 atom stereocenters. The zero-order valence-corrected chi connectivity index (χ0v) is 12.5. The molecule has 1 fully saturated rings. The van der Waals surface area contributed by atoms with Crippen molar-refractivity contribution in [2.24, 2.45) is 0 Å². The van der Waals surface area contributed by atoms with Crippen LogP contribution in [0.15, 0.2) is 24.3 Å². The summed E-state index contributed by atoms with van der Waals surface area (Å²) in [5, 5.41) is 4.57. The van der Waals surface area contributed by atoms with E-state index >= 15 is 0 Å². The highest BCUT2D eigenvalue weighted by molar-refractivity contribution is 6.31. The Kier molecular flexibility index (Phi) is 2.89. The van der Waals surface area contributed by atoms with Crippen LogP contribution in [0.1, 0.15) is 31.4 Å². The smallest absolute Gasteiger partial charge is 0.252 e. The Labute approximate surface area is 130 Å². The zero-order valence-electron chi connectivity index (χ0n) is 11.8. The van der Waals surface area contributed by atoms with Crippen molar-refractivity contribution in [2.75, 3.05) is 0 Å². The van der Waals surface area contributed by atoms with Crippen LogP contribution in [0.3, 0.4) is 0 Å². The second kappa shape index (κ2) is 4.51. The fourth-order valence-electron chi connectivity index (χ4n) is 3.75. The average molecular weight is 327 g/mol. The highest BCUT2D eigenvalue weighted by Crippen LogP contribution is 2.55. The Morgan fingerprint density at radius 2 is 1.95 bits per heavy atom. The Balaban J connectivity index is 1.75. The minimum atomic E-state index is -2.58. The maximum absolute atomic E-state index is 13.4. The number of nitrogens with zero attached hydrogens (tertiary/aromatic N) is 2. The van der Waals surface area contributed by atoms with Gasteiger partial charge in [-0.2, -0.15) is 5.10 Å². The standard InChI is InChI=1S/C16H14ClF3N2/c17-12-6-10(3-4-13(12)18)14-7-11-2-1-5-15(22(11)21-14)8-16(19,20)9-15/h3-4,6-7H,1-2,5,8-9H2. The van der Waals surface area contributed by atoms with E-state index in [0.717, 1.165) is 25.0 Å². The molecule has 2 aliphatic rings. The number of aryl methyl sites for hydroxylation is 1. The van der Waals surface area contributed by atoms with Crippen LogP contribution in [0.5, 0.6) is 0 Å². The Morgan fingerprint density at radius 1 is 1.18 bits per heavy atom. The topological polar surface area (TPSA) is 17.8 Å². The van der Waals surface area contributed by atoms with Gasteiger partial charge in [0.15, 0.2) is 0 Å². The number of fused-ring (bicyclic) bond motifs is 2. The average Bonchev–Trinajstić information content (AvgIpc) is 2.85. The predicted molar refractivity (Wildman–Crippen MR) is 77.7 cm³/mol. The van der Waals surface area contributed by atoms with E-state index in [1.165, 1.54) is 12.1 Å². The lowest BCUT2D eigenvalue weighted by Crippen LogP contribution is -2.55. The number of hydrogen-bond donors (Lipinski definition) is 0. The molecule has 1 spiro atoms. The van der Waals surface area contributed by atoms with Crippen LogP contribution < -0.4 is 0 Å². The first kappa shape index (κ1) is 14.1. The third-order valence-electron chi connectivity index (χ3n) is 4.70. The number of alkyl halides is 2. The zero-order chi connectivity index (χ0) is 15.5. The first-order chi connectivity index (χ1) is 10.4. The Morgan fingerprint density at radius 3 is 2.64 bits per heavy atom. The molecule has 22 heavy (non-hydrogen) atoms. The summed E-state index contributed by atoms with van der Waals surface area (Å²) in [6.07, 6.45) is 2.18. The van der Waals surface area contributed by atoms with Crippen LogP contribution in [0.25, 0.3) is 11.3 Å². The van der Waals surface area contributed by atoms with Crippen LogP contribution in [-0.2, 0) is 12.0 Å². The van der Waals surface area contributed by atoms with Gasteiger partial charge in [0, 0.05) is 24.1 Å². The summed E-state index contributed by atoms with van der Waals surface area (Å²) in [6.45, 7) is 0. The van der Waals surface area contributed by atoms with Gasteiger partial charge in [-0.1, -0.05) is 11.6 Å². The minimum absolute atomic E-state index is 0.0355. The van der Waals surface area contributed by atoms with E-state index in [-0.39, 0.29) is 17.9 Å². The van der Waals surface area contributed by atoms with E-state index in [9.17, 15) is 13.2 Å². The van der Waals surface area contributed by atoms with Crippen molar-refractivity contribution in [1.29, 1.82) is 0 Å². The normalized spacial score (nSPS) is 21.5. The van der Waals surface area contributed by atoms with Crippen molar-refractivity contribution >= 4 is 11.6 Å². The predicted octanol–water partition coefficient (Wildman–Crippen LogP) is 4.80. The van der Waals surface area contributed by atoms with Gasteiger partial charge in [-0.05, 0) is 43.5 Å². The molecular formula is C16H14ClF3N2. The SMILES string of the molecule is Fc1ccc(-c2cc3n(n2)C2(CCC3)CC(F)(F)C2)cc1Cl. The summed E-state index contributed by atoms with van der Waals surface area (Å²) in [7, 11) is 0. The maximum Gasteiger partial charge on any atom is 0.252 e. The van der Waals surface area contributed by atoms with E-state index in [0.29, 0.717) is 11.3 Å². The molecule has 6 heteroatoms. The molecular weight excluding hydrogens is 313 g/mol. The van der Waals surface area contributed by atoms with Gasteiger partial charge < -0.3 is 0 Å². The van der Waals surface area contributed by atoms with Crippen molar-refractivity contribution in [1.82, 2.24) is 9.78 Å². The fraction of sp³-hybridized carbons (Fsp3) is 0.438. The van der Waals surface area contributed by atoms with Gasteiger partial charge >= 0.3 is 0 Å². The van der Waals surface area contributed by atoms with E-state index in [4.69, 9.17) is 11.6 Å². The van der Waals surface area contributed by atoms with Crippen molar-refractivity contribution < 1.29 is 13.2 Å². The summed E-state index contributed by atoms with van der Waals surface area (Å²) >= 11 is 5.81. The lowest BCUT2D eigenvalue weighted by atomic mass is 9.69. The monoisotopic (exact) mass is 326 g/mol. The Hall–Kier alpha value is -1.49. The largest absolute Gasteiger partial charge is 0.262 e. The van der Waals surface area contributed by atoms with Gasteiger partial charge in [0.05, 0.1) is 16.3 Å². The molecule has 2 heterocycles. The van der Waals surface area contributed by atoms with Gasteiger partial charge in [-0.15, -0.1) is 0 Å².